The van der Waals surface area contributed by atoms with Crippen molar-refractivity contribution in [3.05, 3.63) is 23.8 Å². The summed E-state index contributed by atoms with van der Waals surface area (Å²) in [4.78, 5) is 0. The molecule has 1 aromatic carbocycles. The lowest BCUT2D eigenvalue weighted by Crippen LogP contribution is -2.12. The molecule has 0 fully saturated rings. The van der Waals surface area contributed by atoms with E-state index in [1.54, 1.807) is 7.11 Å². The third kappa shape index (κ3) is 4.55. The van der Waals surface area contributed by atoms with Gasteiger partial charge in [-0.2, -0.15) is 0 Å². The van der Waals surface area contributed by atoms with Crippen LogP contribution < -0.4 is 9.47 Å². The van der Waals surface area contributed by atoms with Crippen molar-refractivity contribution in [3.63, 3.8) is 0 Å². The van der Waals surface area contributed by atoms with Gasteiger partial charge in [0.25, 0.3) is 0 Å². The van der Waals surface area contributed by atoms with Gasteiger partial charge in [0.05, 0.1) is 25.9 Å². The molecule has 0 aromatic heterocycles. The Bertz CT molecular complexity index is 363. The lowest BCUT2D eigenvalue weighted by atomic mass is 10.1. The number of aryl methyl sites for hydroxylation is 1. The van der Waals surface area contributed by atoms with Crippen LogP contribution in [0.25, 0.3) is 0 Å². The summed E-state index contributed by atoms with van der Waals surface area (Å²) in [6, 6.07) is 5.73. The lowest BCUT2D eigenvalue weighted by Gasteiger charge is -2.15. The smallest absolute Gasteiger partial charge is 0.161 e. The second-order valence-electron chi connectivity index (χ2n) is 4.53. The van der Waals surface area contributed by atoms with Crippen molar-refractivity contribution in [2.45, 2.75) is 38.9 Å². The van der Waals surface area contributed by atoms with Gasteiger partial charge >= 0.3 is 0 Å². The molecule has 18 heavy (non-hydrogen) atoms. The Balaban J connectivity index is 2.72. The van der Waals surface area contributed by atoms with Gasteiger partial charge < -0.3 is 19.7 Å². The average molecular weight is 254 g/mol. The highest BCUT2D eigenvalue weighted by Crippen LogP contribution is 2.29. The summed E-state index contributed by atoms with van der Waals surface area (Å²) in [5.74, 6) is 1.42. The van der Waals surface area contributed by atoms with Crippen molar-refractivity contribution in [2.24, 2.45) is 0 Å². The summed E-state index contributed by atoms with van der Waals surface area (Å²) in [5, 5.41) is 18.1. The monoisotopic (exact) mass is 254 g/mol. The highest BCUT2D eigenvalue weighted by molar-refractivity contribution is 5.43. The summed E-state index contributed by atoms with van der Waals surface area (Å²) >= 11 is 0. The minimum Gasteiger partial charge on any atom is -0.493 e. The van der Waals surface area contributed by atoms with Crippen molar-refractivity contribution in [3.8, 4) is 11.5 Å². The quantitative estimate of drug-likeness (QED) is 0.778. The molecule has 0 heterocycles. The zero-order chi connectivity index (χ0) is 13.5. The number of hydrogen-bond donors (Lipinski definition) is 2. The number of benzene rings is 1. The van der Waals surface area contributed by atoms with Crippen LogP contribution in [-0.2, 0) is 6.42 Å². The van der Waals surface area contributed by atoms with E-state index in [4.69, 9.17) is 14.6 Å². The summed E-state index contributed by atoms with van der Waals surface area (Å²) in [5.41, 5.74) is 1.05. The summed E-state index contributed by atoms with van der Waals surface area (Å²) < 4.78 is 10.9. The van der Waals surface area contributed by atoms with Gasteiger partial charge in [-0.15, -0.1) is 0 Å². The fourth-order valence-corrected chi connectivity index (χ4v) is 1.64. The molecule has 1 rings (SSSR count). The second kappa shape index (κ2) is 7.24. The van der Waals surface area contributed by atoms with E-state index in [2.05, 4.69) is 0 Å². The molecule has 102 valence electrons. The molecule has 0 saturated carbocycles. The van der Waals surface area contributed by atoms with Gasteiger partial charge in [-0.1, -0.05) is 6.07 Å². The van der Waals surface area contributed by atoms with Crippen LogP contribution in [0.5, 0.6) is 11.5 Å². The molecular formula is C14H22O4. The lowest BCUT2D eigenvalue weighted by molar-refractivity contribution is 0.0885. The number of hydrogen-bond acceptors (Lipinski definition) is 4. The van der Waals surface area contributed by atoms with E-state index in [0.717, 1.165) is 11.3 Å². The summed E-state index contributed by atoms with van der Waals surface area (Å²) in [7, 11) is 1.61. The van der Waals surface area contributed by atoms with E-state index in [-0.39, 0.29) is 12.7 Å². The molecule has 0 bridgehead atoms. The van der Waals surface area contributed by atoms with Crippen LogP contribution >= 0.6 is 0 Å². The Labute approximate surface area is 108 Å². The topological polar surface area (TPSA) is 58.9 Å². The summed E-state index contributed by atoms with van der Waals surface area (Å²) in [6.45, 7) is 3.72. The first-order chi connectivity index (χ1) is 8.56. The number of ether oxygens (including phenoxy) is 2. The van der Waals surface area contributed by atoms with Gasteiger partial charge in [-0.25, -0.2) is 0 Å². The molecule has 4 heteroatoms. The van der Waals surface area contributed by atoms with Gasteiger partial charge in [0.1, 0.15) is 0 Å². The van der Waals surface area contributed by atoms with Crippen molar-refractivity contribution in [1.29, 1.82) is 0 Å². The van der Waals surface area contributed by atoms with E-state index in [0.29, 0.717) is 18.6 Å². The van der Waals surface area contributed by atoms with Crippen LogP contribution in [0.2, 0.25) is 0 Å². The number of aliphatic hydroxyl groups excluding tert-OH is 2. The maximum absolute atomic E-state index is 9.31. The van der Waals surface area contributed by atoms with Crippen LogP contribution in [0, 0.1) is 0 Å². The van der Waals surface area contributed by atoms with E-state index in [9.17, 15) is 5.11 Å². The highest BCUT2D eigenvalue weighted by atomic mass is 16.5. The third-order valence-electron chi connectivity index (χ3n) is 2.57. The first kappa shape index (κ1) is 14.8. The Morgan fingerprint density at radius 1 is 1.22 bits per heavy atom. The minimum absolute atomic E-state index is 0.0981. The van der Waals surface area contributed by atoms with E-state index < -0.39 is 6.10 Å². The number of rotatable bonds is 7. The molecule has 0 aliphatic heterocycles. The molecule has 4 nitrogen and oxygen atoms in total. The SMILES string of the molecule is COc1cc(CCC(O)CO)ccc1OC(C)C. The molecule has 0 spiro atoms. The van der Waals surface area contributed by atoms with Gasteiger partial charge in [-0.05, 0) is 44.4 Å². The summed E-state index contributed by atoms with van der Waals surface area (Å²) in [6.07, 6.45) is 0.660. The molecular weight excluding hydrogens is 232 g/mol. The number of methoxy groups -OCH3 is 1. The standard InChI is InChI=1S/C14H22O4/c1-10(2)18-13-7-5-11(8-14(13)17-3)4-6-12(16)9-15/h5,7-8,10,12,15-16H,4,6,9H2,1-3H3. The van der Waals surface area contributed by atoms with Crippen LogP contribution in [0.4, 0.5) is 0 Å². The second-order valence-corrected chi connectivity index (χ2v) is 4.53. The predicted molar refractivity (Wildman–Crippen MR) is 70.2 cm³/mol. The zero-order valence-corrected chi connectivity index (χ0v) is 11.2. The maximum atomic E-state index is 9.31. The van der Waals surface area contributed by atoms with Crippen LogP contribution in [0.1, 0.15) is 25.8 Å². The molecule has 0 saturated heterocycles. The van der Waals surface area contributed by atoms with Crippen molar-refractivity contribution >= 4 is 0 Å². The van der Waals surface area contributed by atoms with E-state index >= 15 is 0 Å². The third-order valence-corrected chi connectivity index (χ3v) is 2.57. The Morgan fingerprint density at radius 2 is 1.94 bits per heavy atom. The fourth-order valence-electron chi connectivity index (χ4n) is 1.64. The van der Waals surface area contributed by atoms with Gasteiger partial charge in [0, 0.05) is 0 Å². The van der Waals surface area contributed by atoms with Gasteiger partial charge in [-0.3, -0.25) is 0 Å². The molecule has 1 aromatic rings. The van der Waals surface area contributed by atoms with Crippen LogP contribution in [-0.4, -0.2) is 36.1 Å². The van der Waals surface area contributed by atoms with E-state index in [1.807, 2.05) is 32.0 Å². The largest absolute Gasteiger partial charge is 0.493 e. The molecule has 1 unspecified atom stereocenters. The van der Waals surface area contributed by atoms with Crippen LogP contribution in [0.3, 0.4) is 0 Å². The molecule has 2 N–H and O–H groups in total. The molecule has 0 radical (unpaired) electrons. The molecule has 1 atom stereocenters. The molecule has 0 amide bonds. The number of aliphatic hydroxyl groups is 2. The first-order valence-electron chi connectivity index (χ1n) is 6.19. The Hall–Kier alpha value is -1.26. The van der Waals surface area contributed by atoms with Gasteiger partial charge in [0.2, 0.25) is 0 Å². The molecule has 0 aliphatic carbocycles. The van der Waals surface area contributed by atoms with Crippen molar-refractivity contribution in [2.75, 3.05) is 13.7 Å². The van der Waals surface area contributed by atoms with Gasteiger partial charge in [0.15, 0.2) is 11.5 Å². The Morgan fingerprint density at radius 3 is 2.50 bits per heavy atom. The minimum atomic E-state index is -0.664. The zero-order valence-electron chi connectivity index (χ0n) is 11.2. The highest BCUT2D eigenvalue weighted by Gasteiger charge is 2.09. The normalized spacial score (nSPS) is 12.6. The Kier molecular flexibility index (Phi) is 5.95. The molecule has 0 aliphatic rings. The average Bonchev–Trinajstić information content (AvgIpc) is 2.36. The fraction of sp³-hybridized carbons (Fsp3) is 0.571. The maximum Gasteiger partial charge on any atom is 0.161 e. The first-order valence-corrected chi connectivity index (χ1v) is 6.19. The van der Waals surface area contributed by atoms with Crippen LogP contribution in [0.15, 0.2) is 18.2 Å². The predicted octanol–water partition coefficient (Wildman–Crippen LogP) is 1.77. The van der Waals surface area contributed by atoms with E-state index in [1.165, 1.54) is 0 Å². The van der Waals surface area contributed by atoms with Crippen molar-refractivity contribution in [1.82, 2.24) is 0 Å². The van der Waals surface area contributed by atoms with Crippen molar-refractivity contribution < 1.29 is 19.7 Å².